The number of aromatic hydroxyl groups is 2. The normalized spacial score (nSPS) is 14.7. The second-order valence-electron chi connectivity index (χ2n) is 6.36. The maximum Gasteiger partial charge on any atom is 0.338 e. The Morgan fingerprint density at radius 1 is 1.13 bits per heavy atom. The van der Waals surface area contributed by atoms with E-state index in [-0.39, 0.29) is 28.6 Å². The highest BCUT2D eigenvalue weighted by Gasteiger charge is 2.36. The number of ether oxygens (including phenoxy) is 1. The van der Waals surface area contributed by atoms with Crippen molar-refractivity contribution in [2.75, 3.05) is 18.5 Å². The third-order valence-electron chi connectivity index (χ3n) is 4.16. The van der Waals surface area contributed by atoms with E-state index in [1.165, 1.54) is 42.5 Å². The molecule has 1 fully saturated rings. The lowest BCUT2D eigenvalue weighted by Gasteiger charge is -2.12. The summed E-state index contributed by atoms with van der Waals surface area (Å²) in [5, 5.41) is 21.1. The Balaban J connectivity index is 1.65. The van der Waals surface area contributed by atoms with Crippen molar-refractivity contribution in [3.63, 3.8) is 0 Å². The Morgan fingerprint density at radius 2 is 1.84 bits per heavy atom. The highest BCUT2D eigenvalue weighted by molar-refractivity contribution is 8.18. The summed E-state index contributed by atoms with van der Waals surface area (Å²) < 4.78 is 4.88. The molecule has 3 amide bonds. The lowest BCUT2D eigenvalue weighted by atomic mass is 10.1. The lowest BCUT2D eigenvalue weighted by molar-refractivity contribution is -0.127. The van der Waals surface area contributed by atoms with E-state index in [0.717, 1.165) is 11.0 Å². The van der Waals surface area contributed by atoms with E-state index >= 15 is 0 Å². The summed E-state index contributed by atoms with van der Waals surface area (Å²) in [5.41, 5.74) is 0.956. The fourth-order valence-electron chi connectivity index (χ4n) is 2.68. The van der Waals surface area contributed by atoms with Crippen LogP contribution in [0.5, 0.6) is 11.5 Å². The molecule has 9 nitrogen and oxygen atoms in total. The van der Waals surface area contributed by atoms with Crippen molar-refractivity contribution >= 4 is 46.5 Å². The van der Waals surface area contributed by atoms with Crippen molar-refractivity contribution in [1.82, 2.24) is 4.90 Å². The highest BCUT2D eigenvalue weighted by atomic mass is 32.2. The number of phenolic OH excluding ortho intramolecular Hbond substituents is 2. The van der Waals surface area contributed by atoms with Gasteiger partial charge < -0.3 is 20.3 Å². The first-order valence-electron chi connectivity index (χ1n) is 9.13. The third kappa shape index (κ3) is 5.23. The summed E-state index contributed by atoms with van der Waals surface area (Å²) in [7, 11) is 0. The van der Waals surface area contributed by atoms with Gasteiger partial charge in [0.05, 0.1) is 17.1 Å². The number of esters is 1. The predicted molar refractivity (Wildman–Crippen MR) is 113 cm³/mol. The number of imide groups is 1. The second kappa shape index (κ2) is 9.35. The Kier molecular flexibility index (Phi) is 6.61. The third-order valence-corrected chi connectivity index (χ3v) is 5.06. The summed E-state index contributed by atoms with van der Waals surface area (Å²) in [6, 6.07) is 9.82. The Hall–Kier alpha value is -3.79. The molecule has 1 saturated heterocycles. The zero-order valence-corrected chi connectivity index (χ0v) is 17.1. The number of rotatable bonds is 6. The SMILES string of the molecule is CCOC(=O)c1ccc(NC(=O)CN2C(=O)S/C(=C\c3ccc(O)cc3O)C2=O)cc1. The molecule has 1 aliphatic rings. The fourth-order valence-corrected chi connectivity index (χ4v) is 3.51. The number of nitrogens with zero attached hydrogens (tertiary/aromatic N) is 1. The largest absolute Gasteiger partial charge is 0.508 e. The van der Waals surface area contributed by atoms with Crippen LogP contribution in [-0.2, 0) is 14.3 Å². The van der Waals surface area contributed by atoms with Gasteiger partial charge in [-0.25, -0.2) is 4.79 Å². The molecule has 1 aliphatic heterocycles. The summed E-state index contributed by atoms with van der Waals surface area (Å²) in [5.74, 6) is -2.15. The number of carbonyl (C=O) groups excluding carboxylic acids is 4. The first-order valence-corrected chi connectivity index (χ1v) is 9.94. The number of hydrogen-bond donors (Lipinski definition) is 3. The molecule has 2 aromatic rings. The molecular formula is C21H18N2O7S. The average Bonchev–Trinajstić information content (AvgIpc) is 2.98. The molecule has 10 heteroatoms. The molecular weight excluding hydrogens is 424 g/mol. The topological polar surface area (TPSA) is 133 Å². The maximum absolute atomic E-state index is 12.5. The van der Waals surface area contributed by atoms with Crippen LogP contribution in [0.4, 0.5) is 10.5 Å². The van der Waals surface area contributed by atoms with Gasteiger partial charge >= 0.3 is 5.97 Å². The van der Waals surface area contributed by atoms with Crippen LogP contribution in [0.25, 0.3) is 6.08 Å². The van der Waals surface area contributed by atoms with Gasteiger partial charge in [-0.2, -0.15) is 0 Å². The Labute approximate surface area is 181 Å². The molecule has 0 aliphatic carbocycles. The van der Waals surface area contributed by atoms with E-state index in [1.807, 2.05) is 0 Å². The molecule has 3 rings (SSSR count). The van der Waals surface area contributed by atoms with E-state index in [0.29, 0.717) is 23.0 Å². The zero-order valence-electron chi connectivity index (χ0n) is 16.3. The molecule has 0 unspecified atom stereocenters. The van der Waals surface area contributed by atoms with Crippen LogP contribution in [0, 0.1) is 0 Å². The fraction of sp³-hybridized carbons (Fsp3) is 0.143. The van der Waals surface area contributed by atoms with Gasteiger partial charge in [-0.05, 0) is 61.2 Å². The average molecular weight is 442 g/mol. The first kappa shape index (κ1) is 21.9. The Bertz CT molecular complexity index is 1080. The van der Waals surface area contributed by atoms with Crippen LogP contribution in [0.15, 0.2) is 47.4 Å². The van der Waals surface area contributed by atoms with Gasteiger partial charge in [0.15, 0.2) is 0 Å². The minimum absolute atomic E-state index is 0.0394. The predicted octanol–water partition coefficient (Wildman–Crippen LogP) is 2.95. The van der Waals surface area contributed by atoms with Crippen molar-refractivity contribution in [2.24, 2.45) is 0 Å². The van der Waals surface area contributed by atoms with Gasteiger partial charge in [0.2, 0.25) is 5.91 Å². The van der Waals surface area contributed by atoms with E-state index in [4.69, 9.17) is 4.74 Å². The number of amides is 3. The second-order valence-corrected chi connectivity index (χ2v) is 7.35. The van der Waals surface area contributed by atoms with Gasteiger partial charge in [-0.15, -0.1) is 0 Å². The van der Waals surface area contributed by atoms with Crippen molar-refractivity contribution in [3.05, 3.63) is 58.5 Å². The van der Waals surface area contributed by atoms with Gasteiger partial charge in [-0.3, -0.25) is 19.3 Å². The molecule has 2 aromatic carbocycles. The summed E-state index contributed by atoms with van der Waals surface area (Å²) >= 11 is 0.641. The monoisotopic (exact) mass is 442 g/mol. The number of thioether (sulfide) groups is 1. The van der Waals surface area contributed by atoms with Gasteiger partial charge in [0.25, 0.3) is 11.1 Å². The molecule has 0 bridgehead atoms. The van der Waals surface area contributed by atoms with Crippen LogP contribution in [0.1, 0.15) is 22.8 Å². The maximum atomic E-state index is 12.5. The minimum Gasteiger partial charge on any atom is -0.508 e. The van der Waals surface area contributed by atoms with E-state index in [2.05, 4.69) is 5.32 Å². The van der Waals surface area contributed by atoms with Gasteiger partial charge in [0, 0.05) is 17.3 Å². The highest BCUT2D eigenvalue weighted by Crippen LogP contribution is 2.34. The molecule has 0 spiro atoms. The van der Waals surface area contributed by atoms with Crippen LogP contribution in [0.3, 0.4) is 0 Å². The van der Waals surface area contributed by atoms with E-state index < -0.39 is 29.6 Å². The summed E-state index contributed by atoms with van der Waals surface area (Å²) in [6.45, 7) is 1.44. The van der Waals surface area contributed by atoms with Crippen molar-refractivity contribution < 1.29 is 34.1 Å². The number of benzene rings is 2. The first-order chi connectivity index (χ1) is 14.8. The van der Waals surface area contributed by atoms with Crippen LogP contribution in [0.2, 0.25) is 0 Å². The standard InChI is InChI=1S/C21H18N2O7S/c1-2-30-20(28)12-3-6-14(7-4-12)22-18(26)11-23-19(27)17(31-21(23)29)9-13-5-8-15(24)10-16(13)25/h3-10,24-25H,2,11H2,1H3,(H,22,26)/b17-9-. The number of nitrogens with one attached hydrogen (secondary N) is 1. The van der Waals surface area contributed by atoms with Crippen molar-refractivity contribution in [1.29, 1.82) is 0 Å². The molecule has 160 valence electrons. The van der Waals surface area contributed by atoms with Crippen molar-refractivity contribution in [2.45, 2.75) is 6.92 Å². The van der Waals surface area contributed by atoms with E-state index in [1.54, 1.807) is 6.92 Å². The smallest absolute Gasteiger partial charge is 0.338 e. The summed E-state index contributed by atoms with van der Waals surface area (Å²) in [4.78, 5) is 49.5. The number of hydrogen-bond acceptors (Lipinski definition) is 8. The Morgan fingerprint density at radius 3 is 2.48 bits per heavy atom. The molecule has 1 heterocycles. The molecule has 3 N–H and O–H groups in total. The minimum atomic E-state index is -0.671. The molecule has 31 heavy (non-hydrogen) atoms. The van der Waals surface area contributed by atoms with Crippen LogP contribution in [-0.4, -0.2) is 51.3 Å². The van der Waals surface area contributed by atoms with E-state index in [9.17, 15) is 29.4 Å². The van der Waals surface area contributed by atoms with Crippen LogP contribution < -0.4 is 5.32 Å². The molecule has 0 saturated carbocycles. The number of carbonyl (C=O) groups is 4. The van der Waals surface area contributed by atoms with Crippen molar-refractivity contribution in [3.8, 4) is 11.5 Å². The summed E-state index contributed by atoms with van der Waals surface area (Å²) in [6.07, 6.45) is 1.31. The van der Waals surface area contributed by atoms with Crippen LogP contribution >= 0.6 is 11.8 Å². The van der Waals surface area contributed by atoms with Gasteiger partial charge in [-0.1, -0.05) is 0 Å². The van der Waals surface area contributed by atoms with Gasteiger partial charge in [0.1, 0.15) is 18.0 Å². The number of anilines is 1. The zero-order chi connectivity index (χ0) is 22.5. The molecule has 0 atom stereocenters. The molecule has 0 radical (unpaired) electrons. The quantitative estimate of drug-likeness (QED) is 0.459. The lowest BCUT2D eigenvalue weighted by Crippen LogP contribution is -2.36. The molecule has 0 aromatic heterocycles. The number of phenols is 2.